The highest BCUT2D eigenvalue weighted by Crippen LogP contribution is 2.15. The van der Waals surface area contributed by atoms with Crippen LogP contribution in [0, 0.1) is 5.92 Å². The lowest BCUT2D eigenvalue weighted by atomic mass is 9.96. The van der Waals surface area contributed by atoms with Gasteiger partial charge in [-0.15, -0.1) is 0 Å². The zero-order chi connectivity index (χ0) is 11.4. The Morgan fingerprint density at radius 2 is 2.44 bits per heavy atom. The fourth-order valence-corrected chi connectivity index (χ4v) is 2.17. The fraction of sp³-hybridized carbons (Fsp3) is 0.833. The van der Waals surface area contributed by atoms with Crippen molar-refractivity contribution in [3.63, 3.8) is 0 Å². The van der Waals surface area contributed by atoms with E-state index in [1.807, 2.05) is 11.0 Å². The minimum atomic E-state index is 0.428. The van der Waals surface area contributed by atoms with Gasteiger partial charge in [0.15, 0.2) is 5.82 Å². The van der Waals surface area contributed by atoms with Gasteiger partial charge in [0.25, 0.3) is 0 Å². The molecule has 1 N–H and O–H groups in total. The third-order valence-electron chi connectivity index (χ3n) is 3.24. The van der Waals surface area contributed by atoms with Crippen molar-refractivity contribution < 1.29 is 0 Å². The standard InChI is InChI=1S/C12H22N4/c1-10(2)12-14-9-16(15-12)7-5-11-4-3-6-13-8-11/h9-11,13H,3-8H2,1-2H3. The molecule has 1 aromatic heterocycles. The molecule has 0 radical (unpaired) electrons. The lowest BCUT2D eigenvalue weighted by Gasteiger charge is -2.22. The Labute approximate surface area is 97.5 Å². The van der Waals surface area contributed by atoms with Gasteiger partial charge in [0.1, 0.15) is 6.33 Å². The molecule has 1 unspecified atom stereocenters. The van der Waals surface area contributed by atoms with E-state index < -0.39 is 0 Å². The number of aryl methyl sites for hydroxylation is 1. The second-order valence-electron chi connectivity index (χ2n) is 5.02. The molecule has 0 spiro atoms. The van der Waals surface area contributed by atoms with E-state index in [9.17, 15) is 0 Å². The van der Waals surface area contributed by atoms with Crippen LogP contribution < -0.4 is 5.32 Å². The van der Waals surface area contributed by atoms with Crippen molar-refractivity contribution in [2.45, 2.75) is 45.6 Å². The summed E-state index contributed by atoms with van der Waals surface area (Å²) in [5.74, 6) is 2.21. The molecular weight excluding hydrogens is 200 g/mol. The van der Waals surface area contributed by atoms with E-state index in [4.69, 9.17) is 0 Å². The van der Waals surface area contributed by atoms with Crippen LogP contribution in [-0.4, -0.2) is 27.9 Å². The topological polar surface area (TPSA) is 42.7 Å². The van der Waals surface area contributed by atoms with Crippen LogP contribution in [-0.2, 0) is 6.54 Å². The second kappa shape index (κ2) is 5.43. The van der Waals surface area contributed by atoms with Gasteiger partial charge in [-0.05, 0) is 38.3 Å². The summed E-state index contributed by atoms with van der Waals surface area (Å²) < 4.78 is 1.99. The Kier molecular flexibility index (Phi) is 3.93. The molecule has 1 aliphatic rings. The molecule has 1 saturated heterocycles. The summed E-state index contributed by atoms with van der Waals surface area (Å²) in [5.41, 5.74) is 0. The molecule has 2 rings (SSSR count). The van der Waals surface area contributed by atoms with Crippen LogP contribution >= 0.6 is 0 Å². The van der Waals surface area contributed by atoms with Crippen molar-refractivity contribution in [2.75, 3.05) is 13.1 Å². The maximum Gasteiger partial charge on any atom is 0.153 e. The van der Waals surface area contributed by atoms with E-state index in [0.717, 1.165) is 18.3 Å². The maximum absolute atomic E-state index is 4.48. The fourth-order valence-electron chi connectivity index (χ4n) is 2.17. The van der Waals surface area contributed by atoms with Crippen molar-refractivity contribution in [1.29, 1.82) is 0 Å². The summed E-state index contributed by atoms with van der Waals surface area (Å²) in [7, 11) is 0. The predicted molar refractivity (Wildman–Crippen MR) is 64.3 cm³/mol. The van der Waals surface area contributed by atoms with E-state index in [0.29, 0.717) is 5.92 Å². The van der Waals surface area contributed by atoms with Gasteiger partial charge in [-0.2, -0.15) is 5.10 Å². The van der Waals surface area contributed by atoms with E-state index in [2.05, 4.69) is 29.2 Å². The third kappa shape index (κ3) is 3.04. The van der Waals surface area contributed by atoms with E-state index in [1.165, 1.54) is 32.4 Å². The number of rotatable bonds is 4. The minimum Gasteiger partial charge on any atom is -0.316 e. The zero-order valence-corrected chi connectivity index (χ0v) is 10.3. The van der Waals surface area contributed by atoms with Crippen molar-refractivity contribution in [1.82, 2.24) is 20.1 Å². The number of hydrogen-bond acceptors (Lipinski definition) is 3. The van der Waals surface area contributed by atoms with E-state index >= 15 is 0 Å². The number of nitrogens with zero attached hydrogens (tertiary/aromatic N) is 3. The average molecular weight is 222 g/mol. The summed E-state index contributed by atoms with van der Waals surface area (Å²) in [5, 5.41) is 7.93. The molecule has 1 aliphatic heterocycles. The van der Waals surface area contributed by atoms with Crippen LogP contribution in [0.5, 0.6) is 0 Å². The summed E-state index contributed by atoms with van der Waals surface area (Å²) in [6.45, 7) is 7.63. The van der Waals surface area contributed by atoms with Gasteiger partial charge in [-0.1, -0.05) is 13.8 Å². The average Bonchev–Trinajstić information content (AvgIpc) is 2.76. The summed E-state index contributed by atoms with van der Waals surface area (Å²) in [6, 6.07) is 0. The van der Waals surface area contributed by atoms with Gasteiger partial charge in [0.05, 0.1) is 0 Å². The first-order chi connectivity index (χ1) is 7.75. The van der Waals surface area contributed by atoms with Crippen LogP contribution in [0.15, 0.2) is 6.33 Å². The molecule has 4 heteroatoms. The number of hydrogen-bond donors (Lipinski definition) is 1. The minimum absolute atomic E-state index is 0.428. The predicted octanol–water partition coefficient (Wildman–Crippen LogP) is 1.79. The number of nitrogens with one attached hydrogen (secondary N) is 1. The van der Waals surface area contributed by atoms with Crippen LogP contribution in [0.4, 0.5) is 0 Å². The molecule has 1 aromatic rings. The van der Waals surface area contributed by atoms with Crippen LogP contribution in [0.1, 0.15) is 44.9 Å². The molecule has 2 heterocycles. The molecule has 16 heavy (non-hydrogen) atoms. The van der Waals surface area contributed by atoms with Crippen molar-refractivity contribution in [3.8, 4) is 0 Å². The molecule has 1 fully saturated rings. The van der Waals surface area contributed by atoms with Crippen LogP contribution in [0.2, 0.25) is 0 Å². The first kappa shape index (κ1) is 11.6. The molecule has 0 amide bonds. The van der Waals surface area contributed by atoms with Gasteiger partial charge in [0.2, 0.25) is 0 Å². The molecule has 0 saturated carbocycles. The van der Waals surface area contributed by atoms with E-state index in [1.54, 1.807) is 0 Å². The quantitative estimate of drug-likeness (QED) is 0.844. The molecule has 0 aliphatic carbocycles. The highest BCUT2D eigenvalue weighted by Gasteiger charge is 2.13. The first-order valence-electron chi connectivity index (χ1n) is 6.36. The third-order valence-corrected chi connectivity index (χ3v) is 3.24. The van der Waals surface area contributed by atoms with Gasteiger partial charge in [0, 0.05) is 12.5 Å². The highest BCUT2D eigenvalue weighted by molar-refractivity contribution is 4.88. The van der Waals surface area contributed by atoms with Crippen molar-refractivity contribution in [3.05, 3.63) is 12.2 Å². The Morgan fingerprint density at radius 1 is 1.56 bits per heavy atom. The Balaban J connectivity index is 1.79. The molecular formula is C12H22N4. The Hall–Kier alpha value is -0.900. The summed E-state index contributed by atoms with van der Waals surface area (Å²) >= 11 is 0. The van der Waals surface area contributed by atoms with Gasteiger partial charge < -0.3 is 5.32 Å². The lowest BCUT2D eigenvalue weighted by Crippen LogP contribution is -2.30. The van der Waals surface area contributed by atoms with Crippen LogP contribution in [0.25, 0.3) is 0 Å². The largest absolute Gasteiger partial charge is 0.316 e. The van der Waals surface area contributed by atoms with Gasteiger partial charge in [-0.25, -0.2) is 4.98 Å². The zero-order valence-electron chi connectivity index (χ0n) is 10.3. The number of aromatic nitrogens is 3. The van der Waals surface area contributed by atoms with Gasteiger partial charge in [-0.3, -0.25) is 4.68 Å². The SMILES string of the molecule is CC(C)c1ncn(CCC2CCCNC2)n1. The Morgan fingerprint density at radius 3 is 3.06 bits per heavy atom. The molecule has 1 atom stereocenters. The van der Waals surface area contributed by atoms with Crippen LogP contribution in [0.3, 0.4) is 0 Å². The summed E-state index contributed by atoms with van der Waals surface area (Å²) in [4.78, 5) is 4.32. The Bertz CT molecular complexity index is 313. The van der Waals surface area contributed by atoms with Gasteiger partial charge >= 0.3 is 0 Å². The molecule has 4 nitrogen and oxygen atoms in total. The maximum atomic E-state index is 4.48. The molecule has 0 bridgehead atoms. The van der Waals surface area contributed by atoms with Crippen molar-refractivity contribution >= 4 is 0 Å². The molecule has 90 valence electrons. The lowest BCUT2D eigenvalue weighted by molar-refractivity contribution is 0.335. The smallest absolute Gasteiger partial charge is 0.153 e. The van der Waals surface area contributed by atoms with E-state index in [-0.39, 0.29) is 0 Å². The second-order valence-corrected chi connectivity index (χ2v) is 5.02. The monoisotopic (exact) mass is 222 g/mol. The normalized spacial score (nSPS) is 21.6. The highest BCUT2D eigenvalue weighted by atomic mass is 15.3. The first-order valence-corrected chi connectivity index (χ1v) is 6.36. The van der Waals surface area contributed by atoms with Crippen molar-refractivity contribution in [2.24, 2.45) is 5.92 Å². The molecule has 0 aromatic carbocycles. The number of piperidine rings is 1. The summed E-state index contributed by atoms with van der Waals surface area (Å²) in [6.07, 6.45) is 5.76.